The molecule has 0 aromatic rings. The minimum Gasteiger partial charge on any atom is -0.330 e. The lowest BCUT2D eigenvalue weighted by Crippen LogP contribution is -2.28. The Balaban J connectivity index is 4.21. The summed E-state index contributed by atoms with van der Waals surface area (Å²) in [7, 11) is 0. The van der Waals surface area contributed by atoms with E-state index in [9.17, 15) is 0 Å². The van der Waals surface area contributed by atoms with E-state index in [-0.39, 0.29) is 5.41 Å². The third kappa shape index (κ3) is 4.44. The zero-order chi connectivity index (χ0) is 10.2. The summed E-state index contributed by atoms with van der Waals surface area (Å²) in [5.41, 5.74) is 11.5. The van der Waals surface area contributed by atoms with Crippen LogP contribution in [0.4, 0.5) is 0 Å². The number of nitrogens with two attached hydrogens (primary N) is 2. The van der Waals surface area contributed by atoms with Crippen LogP contribution in [0.5, 0.6) is 0 Å². The van der Waals surface area contributed by atoms with E-state index >= 15 is 0 Å². The predicted octanol–water partition coefficient (Wildman–Crippen LogP) is 2.05. The van der Waals surface area contributed by atoms with Crippen molar-refractivity contribution in [1.29, 1.82) is 0 Å². The Bertz CT molecular complexity index is 137. The molecule has 0 spiro atoms. The maximum atomic E-state index is 5.81. The van der Waals surface area contributed by atoms with Crippen molar-refractivity contribution in [2.45, 2.75) is 39.5 Å². The summed E-state index contributed by atoms with van der Waals surface area (Å²) in [5, 5.41) is 0. The summed E-state index contributed by atoms with van der Waals surface area (Å²) in [6, 6.07) is 0. The van der Waals surface area contributed by atoms with Crippen LogP contribution in [0.15, 0.2) is 12.2 Å². The van der Waals surface area contributed by atoms with Crippen LogP contribution in [0.25, 0.3) is 0 Å². The van der Waals surface area contributed by atoms with Crippen molar-refractivity contribution >= 4 is 0 Å². The quantitative estimate of drug-likeness (QED) is 0.595. The van der Waals surface area contributed by atoms with Gasteiger partial charge in [-0.05, 0) is 32.2 Å². The van der Waals surface area contributed by atoms with Gasteiger partial charge >= 0.3 is 0 Å². The molecule has 0 saturated carbocycles. The van der Waals surface area contributed by atoms with Crippen LogP contribution in [0.3, 0.4) is 0 Å². The first kappa shape index (κ1) is 12.7. The predicted molar refractivity (Wildman–Crippen MR) is 59.5 cm³/mol. The maximum absolute atomic E-state index is 5.81. The summed E-state index contributed by atoms with van der Waals surface area (Å²) in [6.07, 6.45) is 8.88. The molecule has 0 amide bonds. The summed E-state index contributed by atoms with van der Waals surface area (Å²) < 4.78 is 0. The second-order valence-electron chi connectivity index (χ2n) is 3.62. The van der Waals surface area contributed by atoms with Gasteiger partial charge in [-0.1, -0.05) is 26.0 Å². The van der Waals surface area contributed by atoms with Crippen molar-refractivity contribution in [3.05, 3.63) is 12.2 Å². The summed E-state index contributed by atoms with van der Waals surface area (Å²) in [4.78, 5) is 0. The lowest BCUT2D eigenvalue weighted by atomic mass is 9.80. The molecule has 13 heavy (non-hydrogen) atoms. The molecule has 1 atom stereocenters. The monoisotopic (exact) mass is 184 g/mol. The Morgan fingerprint density at radius 1 is 1.23 bits per heavy atom. The van der Waals surface area contributed by atoms with Crippen molar-refractivity contribution in [3.63, 3.8) is 0 Å². The summed E-state index contributed by atoms with van der Waals surface area (Å²) in [6.45, 7) is 5.85. The van der Waals surface area contributed by atoms with Crippen molar-refractivity contribution in [3.8, 4) is 0 Å². The van der Waals surface area contributed by atoms with E-state index in [0.29, 0.717) is 0 Å². The Kier molecular flexibility index (Phi) is 6.92. The topological polar surface area (TPSA) is 52.0 Å². The van der Waals surface area contributed by atoms with E-state index in [1.165, 1.54) is 0 Å². The van der Waals surface area contributed by atoms with Gasteiger partial charge in [-0.25, -0.2) is 0 Å². The van der Waals surface area contributed by atoms with Crippen molar-refractivity contribution in [1.82, 2.24) is 0 Å². The van der Waals surface area contributed by atoms with Crippen LogP contribution in [0, 0.1) is 5.41 Å². The van der Waals surface area contributed by atoms with Crippen molar-refractivity contribution in [2.24, 2.45) is 16.9 Å². The van der Waals surface area contributed by atoms with Gasteiger partial charge in [0.15, 0.2) is 0 Å². The van der Waals surface area contributed by atoms with Gasteiger partial charge in [0.05, 0.1) is 0 Å². The molecule has 0 aliphatic heterocycles. The number of hydrogen-bond donors (Lipinski definition) is 2. The van der Waals surface area contributed by atoms with Crippen LogP contribution in [0.1, 0.15) is 39.5 Å². The number of rotatable bonds is 7. The molecule has 0 aliphatic rings. The molecule has 4 N–H and O–H groups in total. The fourth-order valence-electron chi connectivity index (χ4n) is 1.51. The molecule has 1 unspecified atom stereocenters. The lowest BCUT2D eigenvalue weighted by molar-refractivity contribution is 0.340. The molecule has 2 nitrogen and oxygen atoms in total. The highest BCUT2D eigenvalue weighted by Gasteiger charge is 2.21. The van der Waals surface area contributed by atoms with E-state index < -0.39 is 0 Å². The molecule has 2 heteroatoms. The van der Waals surface area contributed by atoms with Crippen molar-refractivity contribution in [2.75, 3.05) is 13.1 Å². The van der Waals surface area contributed by atoms with E-state index in [1.807, 2.05) is 0 Å². The summed E-state index contributed by atoms with van der Waals surface area (Å²) >= 11 is 0. The minimum atomic E-state index is 0.204. The van der Waals surface area contributed by atoms with Crippen LogP contribution >= 0.6 is 0 Å². The maximum Gasteiger partial charge on any atom is 0.00141 e. The molecule has 0 saturated heterocycles. The first-order valence-corrected chi connectivity index (χ1v) is 5.32. The summed E-state index contributed by atoms with van der Waals surface area (Å²) in [5.74, 6) is 0. The van der Waals surface area contributed by atoms with Gasteiger partial charge in [-0.3, -0.25) is 0 Å². The number of hydrogen-bond acceptors (Lipinski definition) is 2. The van der Waals surface area contributed by atoms with Gasteiger partial charge in [-0.2, -0.15) is 0 Å². The van der Waals surface area contributed by atoms with Crippen LogP contribution in [-0.2, 0) is 0 Å². The van der Waals surface area contributed by atoms with Crippen molar-refractivity contribution < 1.29 is 0 Å². The molecule has 0 aromatic heterocycles. The molecule has 78 valence electrons. The standard InChI is InChI=1S/C11H24N2/c1-3-5-7-11(4-2,10-13)8-6-9-12/h5,7H,3-4,6,8-10,12-13H2,1-2H3. The molecule has 0 rings (SSSR count). The molecule has 0 radical (unpaired) electrons. The molecule has 0 aromatic carbocycles. The highest BCUT2D eigenvalue weighted by molar-refractivity contribution is 4.99. The lowest BCUT2D eigenvalue weighted by Gasteiger charge is -2.27. The van der Waals surface area contributed by atoms with E-state index in [4.69, 9.17) is 11.5 Å². The Hall–Kier alpha value is -0.340. The van der Waals surface area contributed by atoms with Gasteiger partial charge in [-0.15, -0.1) is 0 Å². The minimum absolute atomic E-state index is 0.204. The SMILES string of the molecule is CCC=CC(CC)(CN)CCCN. The molecular formula is C11H24N2. The van der Waals surface area contributed by atoms with Gasteiger partial charge in [0, 0.05) is 12.0 Å². The normalized spacial score (nSPS) is 16.3. The molecule has 0 bridgehead atoms. The zero-order valence-electron chi connectivity index (χ0n) is 9.05. The Morgan fingerprint density at radius 2 is 1.92 bits per heavy atom. The average molecular weight is 184 g/mol. The van der Waals surface area contributed by atoms with Gasteiger partial charge in [0.25, 0.3) is 0 Å². The van der Waals surface area contributed by atoms with Crippen LogP contribution in [0.2, 0.25) is 0 Å². The van der Waals surface area contributed by atoms with E-state index in [1.54, 1.807) is 0 Å². The average Bonchev–Trinajstić information content (AvgIpc) is 2.20. The fraction of sp³-hybridized carbons (Fsp3) is 0.818. The van der Waals surface area contributed by atoms with Gasteiger partial charge < -0.3 is 11.5 Å². The molecular weight excluding hydrogens is 160 g/mol. The van der Waals surface area contributed by atoms with Crippen LogP contribution < -0.4 is 11.5 Å². The Morgan fingerprint density at radius 3 is 2.31 bits per heavy atom. The highest BCUT2D eigenvalue weighted by atomic mass is 14.6. The second-order valence-corrected chi connectivity index (χ2v) is 3.62. The Labute approximate surface area is 82.4 Å². The largest absolute Gasteiger partial charge is 0.330 e. The van der Waals surface area contributed by atoms with E-state index in [2.05, 4.69) is 26.0 Å². The third-order valence-corrected chi connectivity index (χ3v) is 2.70. The fourth-order valence-corrected chi connectivity index (χ4v) is 1.51. The second kappa shape index (κ2) is 7.10. The van der Waals surface area contributed by atoms with E-state index in [0.717, 1.165) is 38.8 Å². The molecule has 0 aliphatic carbocycles. The smallest absolute Gasteiger partial charge is 0.00141 e. The third-order valence-electron chi connectivity index (χ3n) is 2.70. The van der Waals surface area contributed by atoms with Gasteiger partial charge in [0.2, 0.25) is 0 Å². The number of allylic oxidation sites excluding steroid dienone is 1. The first-order valence-electron chi connectivity index (χ1n) is 5.32. The molecule has 0 fully saturated rings. The van der Waals surface area contributed by atoms with Gasteiger partial charge in [0.1, 0.15) is 0 Å². The highest BCUT2D eigenvalue weighted by Crippen LogP contribution is 2.28. The first-order chi connectivity index (χ1) is 6.24. The molecule has 0 heterocycles. The van der Waals surface area contributed by atoms with Crippen LogP contribution in [-0.4, -0.2) is 13.1 Å². The zero-order valence-corrected chi connectivity index (χ0v) is 9.05.